The van der Waals surface area contributed by atoms with Crippen LogP contribution in [0.2, 0.25) is 0 Å². The molecule has 3 N–H and O–H groups in total. The van der Waals surface area contributed by atoms with Crippen LogP contribution in [-0.4, -0.2) is 29.5 Å². The number of carbonyl (C=O) groups is 3. The molecule has 2 amide bonds. The van der Waals surface area contributed by atoms with E-state index in [4.69, 9.17) is 9.15 Å². The summed E-state index contributed by atoms with van der Waals surface area (Å²) in [5.74, 6) is -2.46. The summed E-state index contributed by atoms with van der Waals surface area (Å²) >= 11 is 0. The molecule has 8 heteroatoms. The molecule has 0 aliphatic carbocycles. The molecule has 2 rings (SSSR count). The summed E-state index contributed by atoms with van der Waals surface area (Å²) in [7, 11) is 0. The molecule has 23 heavy (non-hydrogen) atoms. The van der Waals surface area contributed by atoms with Gasteiger partial charge in [0.15, 0.2) is 12.4 Å². The fourth-order valence-electron chi connectivity index (χ4n) is 1.66. The molecule has 0 fully saturated rings. The van der Waals surface area contributed by atoms with Gasteiger partial charge in [0.2, 0.25) is 0 Å². The molecule has 8 nitrogen and oxygen atoms in total. The second-order valence-electron chi connectivity index (χ2n) is 4.58. The summed E-state index contributed by atoms with van der Waals surface area (Å²) in [6.45, 7) is 1.13. The van der Waals surface area contributed by atoms with Gasteiger partial charge in [-0.05, 0) is 36.8 Å². The van der Waals surface area contributed by atoms with Crippen molar-refractivity contribution in [2.75, 3.05) is 6.61 Å². The fourth-order valence-corrected chi connectivity index (χ4v) is 1.66. The van der Waals surface area contributed by atoms with Crippen molar-refractivity contribution in [2.45, 2.75) is 6.92 Å². The van der Waals surface area contributed by atoms with Gasteiger partial charge in [-0.2, -0.15) is 0 Å². The lowest BCUT2D eigenvalue weighted by Gasteiger charge is -2.08. The van der Waals surface area contributed by atoms with E-state index in [1.165, 1.54) is 30.5 Å². The molecule has 1 aromatic carbocycles. The van der Waals surface area contributed by atoms with Gasteiger partial charge in [-0.1, -0.05) is 6.07 Å². The maximum Gasteiger partial charge on any atom is 0.342 e. The van der Waals surface area contributed by atoms with Crippen LogP contribution in [0.15, 0.2) is 41.0 Å². The van der Waals surface area contributed by atoms with Crippen LogP contribution in [0.1, 0.15) is 26.5 Å². The third-order valence-corrected chi connectivity index (χ3v) is 2.77. The highest BCUT2D eigenvalue weighted by Crippen LogP contribution is 2.19. The first kappa shape index (κ1) is 16.1. The van der Waals surface area contributed by atoms with E-state index in [9.17, 15) is 19.5 Å². The number of nitrogens with one attached hydrogen (secondary N) is 2. The van der Waals surface area contributed by atoms with Crippen LogP contribution in [0, 0.1) is 6.92 Å². The summed E-state index contributed by atoms with van der Waals surface area (Å²) in [5, 5.41) is 9.64. The topological polar surface area (TPSA) is 118 Å². The van der Waals surface area contributed by atoms with Gasteiger partial charge in [0.05, 0.1) is 6.26 Å². The zero-order valence-corrected chi connectivity index (χ0v) is 12.2. The Kier molecular flexibility index (Phi) is 4.98. The second kappa shape index (κ2) is 7.12. The monoisotopic (exact) mass is 318 g/mol. The highest BCUT2D eigenvalue weighted by atomic mass is 16.5. The summed E-state index contributed by atoms with van der Waals surface area (Å²) in [5.41, 5.74) is 4.88. The van der Waals surface area contributed by atoms with E-state index < -0.39 is 24.4 Å². The Labute approximate surface area is 131 Å². The molecule has 120 valence electrons. The quantitative estimate of drug-likeness (QED) is 0.570. The Bertz CT molecular complexity index is 724. The SMILES string of the molecule is Cc1ccc(C(=O)OCC(=O)NNC(=O)c2ccco2)c(O)c1. The van der Waals surface area contributed by atoms with Crippen molar-refractivity contribution in [1.82, 2.24) is 10.9 Å². The lowest BCUT2D eigenvalue weighted by molar-refractivity contribution is -0.125. The predicted molar refractivity (Wildman–Crippen MR) is 77.4 cm³/mol. The van der Waals surface area contributed by atoms with E-state index in [1.807, 2.05) is 0 Å². The van der Waals surface area contributed by atoms with Gasteiger partial charge in [0, 0.05) is 0 Å². The first-order valence-corrected chi connectivity index (χ1v) is 6.57. The van der Waals surface area contributed by atoms with E-state index in [2.05, 4.69) is 10.9 Å². The molecule has 0 aliphatic heterocycles. The standard InChI is InChI=1S/C15H14N2O6/c1-9-4-5-10(11(18)7-9)15(21)23-8-13(19)16-17-14(20)12-3-2-6-22-12/h2-7,18H,8H2,1H3,(H,16,19)(H,17,20). The van der Waals surface area contributed by atoms with E-state index in [1.54, 1.807) is 13.0 Å². The Hall–Kier alpha value is -3.29. The largest absolute Gasteiger partial charge is 0.507 e. The van der Waals surface area contributed by atoms with Crippen LogP contribution in [0.3, 0.4) is 0 Å². The first-order valence-electron chi connectivity index (χ1n) is 6.57. The number of carbonyl (C=O) groups excluding carboxylic acids is 3. The molecule has 1 aromatic heterocycles. The number of hydrogen-bond donors (Lipinski definition) is 3. The maximum absolute atomic E-state index is 11.7. The summed E-state index contributed by atoms with van der Waals surface area (Å²) < 4.78 is 9.58. The molecule has 0 radical (unpaired) electrons. The number of furan rings is 1. The zero-order valence-electron chi connectivity index (χ0n) is 12.2. The summed E-state index contributed by atoms with van der Waals surface area (Å²) in [6, 6.07) is 7.36. The van der Waals surface area contributed by atoms with Crippen LogP contribution in [0.25, 0.3) is 0 Å². The zero-order chi connectivity index (χ0) is 16.8. The maximum atomic E-state index is 11.7. The second-order valence-corrected chi connectivity index (χ2v) is 4.58. The molecule has 2 aromatic rings. The van der Waals surface area contributed by atoms with Gasteiger partial charge >= 0.3 is 11.9 Å². The average Bonchev–Trinajstić information content (AvgIpc) is 3.04. The molecule has 0 spiro atoms. The molecular weight excluding hydrogens is 304 g/mol. The number of aryl methyl sites for hydroxylation is 1. The van der Waals surface area contributed by atoms with Gasteiger partial charge < -0.3 is 14.3 Å². The highest BCUT2D eigenvalue weighted by Gasteiger charge is 2.15. The number of hydrogen-bond acceptors (Lipinski definition) is 6. The number of esters is 1. The van der Waals surface area contributed by atoms with Gasteiger partial charge in [0.25, 0.3) is 5.91 Å². The van der Waals surface area contributed by atoms with E-state index in [-0.39, 0.29) is 17.1 Å². The Balaban J connectivity index is 1.80. The number of amides is 2. The molecule has 0 saturated carbocycles. The molecular formula is C15H14N2O6. The van der Waals surface area contributed by atoms with Crippen LogP contribution >= 0.6 is 0 Å². The molecule has 0 atom stereocenters. The van der Waals surface area contributed by atoms with Crippen LogP contribution in [0.5, 0.6) is 5.75 Å². The van der Waals surface area contributed by atoms with Crippen molar-refractivity contribution in [2.24, 2.45) is 0 Å². The smallest absolute Gasteiger partial charge is 0.342 e. The predicted octanol–water partition coefficient (Wildman–Crippen LogP) is 0.912. The number of ether oxygens (including phenoxy) is 1. The summed E-state index contributed by atoms with van der Waals surface area (Å²) in [4.78, 5) is 34.7. The van der Waals surface area contributed by atoms with Crippen LogP contribution in [-0.2, 0) is 9.53 Å². The molecule has 0 bridgehead atoms. The third-order valence-electron chi connectivity index (χ3n) is 2.77. The average molecular weight is 318 g/mol. The first-order chi connectivity index (χ1) is 11.0. The van der Waals surface area contributed by atoms with Crippen molar-refractivity contribution in [3.8, 4) is 5.75 Å². The number of phenols is 1. The number of benzene rings is 1. The lowest BCUT2D eigenvalue weighted by Crippen LogP contribution is -2.43. The normalized spacial score (nSPS) is 9.96. The van der Waals surface area contributed by atoms with Crippen LogP contribution in [0.4, 0.5) is 0 Å². The van der Waals surface area contributed by atoms with Crippen LogP contribution < -0.4 is 10.9 Å². The number of rotatable bonds is 4. The fraction of sp³-hybridized carbons (Fsp3) is 0.133. The minimum Gasteiger partial charge on any atom is -0.507 e. The molecule has 0 unspecified atom stereocenters. The van der Waals surface area contributed by atoms with Gasteiger partial charge in [-0.25, -0.2) is 4.79 Å². The molecule has 1 heterocycles. The highest BCUT2D eigenvalue weighted by molar-refractivity contribution is 5.95. The Morgan fingerprint density at radius 2 is 2.00 bits per heavy atom. The van der Waals surface area contributed by atoms with E-state index in [0.29, 0.717) is 0 Å². The van der Waals surface area contributed by atoms with Gasteiger partial charge in [0.1, 0.15) is 11.3 Å². The van der Waals surface area contributed by atoms with Gasteiger partial charge in [-0.15, -0.1) is 0 Å². The van der Waals surface area contributed by atoms with Crippen molar-refractivity contribution in [1.29, 1.82) is 0 Å². The lowest BCUT2D eigenvalue weighted by atomic mass is 10.1. The van der Waals surface area contributed by atoms with Gasteiger partial charge in [-0.3, -0.25) is 20.4 Å². The number of phenolic OH excluding ortho intramolecular Hbond substituents is 1. The molecule has 0 saturated heterocycles. The van der Waals surface area contributed by atoms with Crippen molar-refractivity contribution in [3.05, 3.63) is 53.5 Å². The number of hydrazine groups is 1. The van der Waals surface area contributed by atoms with Crippen molar-refractivity contribution >= 4 is 17.8 Å². The van der Waals surface area contributed by atoms with E-state index in [0.717, 1.165) is 5.56 Å². The summed E-state index contributed by atoms with van der Waals surface area (Å²) in [6.07, 6.45) is 1.31. The van der Waals surface area contributed by atoms with E-state index >= 15 is 0 Å². The van der Waals surface area contributed by atoms with Crippen molar-refractivity contribution in [3.63, 3.8) is 0 Å². The molecule has 0 aliphatic rings. The minimum atomic E-state index is -0.852. The third kappa shape index (κ3) is 4.34. The Morgan fingerprint density at radius 1 is 1.22 bits per heavy atom. The minimum absolute atomic E-state index is 0.0203. The Morgan fingerprint density at radius 3 is 2.65 bits per heavy atom. The number of aromatic hydroxyl groups is 1. The van der Waals surface area contributed by atoms with Crippen molar-refractivity contribution < 1.29 is 28.6 Å².